The lowest BCUT2D eigenvalue weighted by Crippen LogP contribution is -2.37. The van der Waals surface area contributed by atoms with Crippen LogP contribution in [0.1, 0.15) is 35.2 Å². The average Bonchev–Trinajstić information content (AvgIpc) is 3.38. The van der Waals surface area contributed by atoms with E-state index in [1.54, 1.807) is 19.2 Å². The molecule has 2 rings (SSSR count). The Morgan fingerprint density at radius 3 is 2.58 bits per heavy atom. The summed E-state index contributed by atoms with van der Waals surface area (Å²) in [7, 11) is 1.75. The minimum atomic E-state index is -0.411. The van der Waals surface area contributed by atoms with Crippen LogP contribution in [0.25, 0.3) is 0 Å². The van der Waals surface area contributed by atoms with Gasteiger partial charge in [0.1, 0.15) is 0 Å². The molecule has 4 N–H and O–H groups in total. The summed E-state index contributed by atoms with van der Waals surface area (Å²) in [5.41, 5.74) is 6.80. The molecule has 0 aliphatic heterocycles. The van der Waals surface area contributed by atoms with Gasteiger partial charge in [0.05, 0.1) is 0 Å². The summed E-state index contributed by atoms with van der Waals surface area (Å²) in [6, 6.07) is 7.22. The predicted octanol–water partition coefficient (Wildman–Crippen LogP) is 1.89. The third-order valence-electron chi connectivity index (χ3n) is 3.73. The number of halogens is 1. The summed E-state index contributed by atoms with van der Waals surface area (Å²) in [4.78, 5) is 15.2. The van der Waals surface area contributed by atoms with E-state index >= 15 is 0 Å². The molecule has 24 heavy (non-hydrogen) atoms. The zero-order chi connectivity index (χ0) is 16.5. The molecule has 0 atom stereocenters. The first-order chi connectivity index (χ1) is 11.2. The Kier molecular flexibility index (Phi) is 9.70. The number of ether oxygens (including phenoxy) is 1. The van der Waals surface area contributed by atoms with E-state index in [1.165, 1.54) is 12.8 Å². The highest BCUT2D eigenvalue weighted by Crippen LogP contribution is 2.28. The van der Waals surface area contributed by atoms with Gasteiger partial charge in [-0.2, -0.15) is 0 Å². The Balaban J connectivity index is 0.00000288. The highest BCUT2D eigenvalue weighted by molar-refractivity contribution is 14.0. The van der Waals surface area contributed by atoms with Gasteiger partial charge < -0.3 is 21.1 Å². The fourth-order valence-electron chi connectivity index (χ4n) is 2.11. The van der Waals surface area contributed by atoms with Crippen LogP contribution >= 0.6 is 24.0 Å². The quantitative estimate of drug-likeness (QED) is 0.234. The van der Waals surface area contributed by atoms with Gasteiger partial charge in [0.25, 0.3) is 0 Å². The molecule has 134 valence electrons. The van der Waals surface area contributed by atoms with Gasteiger partial charge in [0.2, 0.25) is 5.91 Å². The number of amides is 1. The molecule has 0 spiro atoms. The van der Waals surface area contributed by atoms with Crippen molar-refractivity contribution in [2.45, 2.75) is 25.8 Å². The third kappa shape index (κ3) is 7.96. The van der Waals surface area contributed by atoms with Crippen LogP contribution in [0, 0.1) is 5.92 Å². The van der Waals surface area contributed by atoms with Crippen molar-refractivity contribution in [3.05, 3.63) is 35.4 Å². The molecule has 0 radical (unpaired) electrons. The third-order valence-corrected chi connectivity index (χ3v) is 3.73. The van der Waals surface area contributed by atoms with Crippen LogP contribution in [0.2, 0.25) is 0 Å². The molecule has 1 aromatic rings. The smallest absolute Gasteiger partial charge is 0.248 e. The second kappa shape index (κ2) is 11.2. The summed E-state index contributed by atoms with van der Waals surface area (Å²) in [5.74, 6) is 1.16. The topological polar surface area (TPSA) is 88.7 Å². The van der Waals surface area contributed by atoms with Crippen molar-refractivity contribution >= 4 is 35.8 Å². The van der Waals surface area contributed by atoms with E-state index in [0.717, 1.165) is 43.6 Å². The van der Waals surface area contributed by atoms with Gasteiger partial charge in [-0.3, -0.25) is 9.79 Å². The summed E-state index contributed by atoms with van der Waals surface area (Å²) in [6.07, 6.45) is 3.62. The summed E-state index contributed by atoms with van der Waals surface area (Å²) in [6.45, 7) is 3.16. The van der Waals surface area contributed by atoms with Crippen molar-refractivity contribution in [2.24, 2.45) is 16.6 Å². The molecule has 1 saturated carbocycles. The largest absolute Gasteiger partial charge is 0.381 e. The molecule has 7 heteroatoms. The molecule has 0 unspecified atom stereocenters. The zero-order valence-electron chi connectivity index (χ0n) is 14.1. The van der Waals surface area contributed by atoms with Crippen LogP contribution in [-0.2, 0) is 11.3 Å². The lowest BCUT2D eigenvalue weighted by atomic mass is 10.1. The second-order valence-electron chi connectivity index (χ2n) is 5.79. The van der Waals surface area contributed by atoms with E-state index in [1.807, 2.05) is 12.1 Å². The normalized spacial score (nSPS) is 14.0. The van der Waals surface area contributed by atoms with Crippen LogP contribution in [0.4, 0.5) is 0 Å². The highest BCUT2D eigenvalue weighted by atomic mass is 127. The van der Waals surface area contributed by atoms with E-state index in [4.69, 9.17) is 10.5 Å². The maximum absolute atomic E-state index is 11.0. The number of hydrogen-bond donors (Lipinski definition) is 3. The molecule has 0 heterocycles. The van der Waals surface area contributed by atoms with Gasteiger partial charge in [-0.25, -0.2) is 0 Å². The molecule has 1 amide bonds. The van der Waals surface area contributed by atoms with Crippen molar-refractivity contribution in [1.82, 2.24) is 10.6 Å². The zero-order valence-corrected chi connectivity index (χ0v) is 16.4. The van der Waals surface area contributed by atoms with Crippen molar-refractivity contribution in [3.63, 3.8) is 0 Å². The lowest BCUT2D eigenvalue weighted by molar-refractivity contribution is 0.100. The number of guanidine groups is 1. The maximum atomic E-state index is 11.0. The fraction of sp³-hybridized carbons (Fsp3) is 0.529. The van der Waals surface area contributed by atoms with Gasteiger partial charge in [-0.05, 0) is 42.9 Å². The summed E-state index contributed by atoms with van der Waals surface area (Å²) in [5, 5.41) is 6.49. The Morgan fingerprint density at radius 1 is 1.29 bits per heavy atom. The van der Waals surface area contributed by atoms with Crippen LogP contribution in [0.15, 0.2) is 29.3 Å². The molecular weight excluding hydrogens is 419 g/mol. The van der Waals surface area contributed by atoms with Crippen LogP contribution < -0.4 is 16.4 Å². The minimum Gasteiger partial charge on any atom is -0.381 e. The first-order valence-corrected chi connectivity index (χ1v) is 8.10. The molecule has 6 nitrogen and oxygen atoms in total. The van der Waals surface area contributed by atoms with Crippen LogP contribution in [0.3, 0.4) is 0 Å². The SMILES string of the molecule is CN=C(NCCCOCC1CC1)NCc1ccc(C(N)=O)cc1.I. The van der Waals surface area contributed by atoms with Crippen molar-refractivity contribution < 1.29 is 9.53 Å². The molecule has 0 saturated heterocycles. The summed E-state index contributed by atoms with van der Waals surface area (Å²) >= 11 is 0. The van der Waals surface area contributed by atoms with Gasteiger partial charge in [-0.15, -0.1) is 24.0 Å². The lowest BCUT2D eigenvalue weighted by Gasteiger charge is -2.12. The van der Waals surface area contributed by atoms with Gasteiger partial charge in [0, 0.05) is 38.9 Å². The molecule has 1 aliphatic rings. The Bertz CT molecular complexity index is 530. The van der Waals surface area contributed by atoms with Gasteiger partial charge in [0.15, 0.2) is 5.96 Å². The standard InChI is InChI=1S/C17H26N4O2.HI/c1-19-17(20-9-2-10-23-12-14-3-4-14)21-11-13-5-7-15(8-6-13)16(18)22;/h5-8,14H,2-4,9-12H2,1H3,(H2,18,22)(H2,19,20,21);1H. The Labute approximate surface area is 160 Å². The number of nitrogens with zero attached hydrogens (tertiary/aromatic N) is 1. The number of aliphatic imine (C=N–C) groups is 1. The van der Waals surface area contributed by atoms with Crippen LogP contribution in [0.5, 0.6) is 0 Å². The van der Waals surface area contributed by atoms with Crippen molar-refractivity contribution in [2.75, 3.05) is 26.8 Å². The second-order valence-corrected chi connectivity index (χ2v) is 5.79. The van der Waals surface area contributed by atoms with Gasteiger partial charge >= 0.3 is 0 Å². The van der Waals surface area contributed by atoms with Crippen molar-refractivity contribution in [3.8, 4) is 0 Å². The molecule has 1 aliphatic carbocycles. The van der Waals surface area contributed by atoms with Crippen molar-refractivity contribution in [1.29, 1.82) is 0 Å². The first kappa shape index (κ1) is 20.7. The number of nitrogens with two attached hydrogens (primary N) is 1. The summed E-state index contributed by atoms with van der Waals surface area (Å²) < 4.78 is 5.59. The Hall–Kier alpha value is -1.35. The predicted molar refractivity (Wildman–Crippen MR) is 107 cm³/mol. The number of primary amides is 1. The number of benzene rings is 1. The van der Waals surface area contributed by atoms with Crippen LogP contribution in [-0.4, -0.2) is 38.7 Å². The number of carbonyl (C=O) groups excluding carboxylic acids is 1. The number of carbonyl (C=O) groups is 1. The minimum absolute atomic E-state index is 0. The molecule has 1 aromatic carbocycles. The number of hydrogen-bond acceptors (Lipinski definition) is 3. The molecule has 0 bridgehead atoms. The van der Waals surface area contributed by atoms with E-state index < -0.39 is 5.91 Å². The van der Waals surface area contributed by atoms with E-state index in [9.17, 15) is 4.79 Å². The average molecular weight is 446 g/mol. The van der Waals surface area contributed by atoms with E-state index in [0.29, 0.717) is 12.1 Å². The maximum Gasteiger partial charge on any atom is 0.248 e. The van der Waals surface area contributed by atoms with E-state index in [-0.39, 0.29) is 24.0 Å². The van der Waals surface area contributed by atoms with Gasteiger partial charge in [-0.1, -0.05) is 12.1 Å². The van der Waals surface area contributed by atoms with E-state index in [2.05, 4.69) is 15.6 Å². The Morgan fingerprint density at radius 2 is 2.00 bits per heavy atom. The molecule has 0 aromatic heterocycles. The number of nitrogens with one attached hydrogen (secondary N) is 2. The fourth-order valence-corrected chi connectivity index (χ4v) is 2.11. The molecular formula is C17H27IN4O2. The highest BCUT2D eigenvalue weighted by Gasteiger charge is 2.20. The monoisotopic (exact) mass is 446 g/mol. The molecule has 1 fully saturated rings. The first-order valence-electron chi connectivity index (χ1n) is 8.10. The number of rotatable bonds is 9.